The van der Waals surface area contributed by atoms with E-state index >= 15 is 0 Å². The number of pyridine rings is 1. The van der Waals surface area contributed by atoms with Crippen LogP contribution in [0, 0.1) is 0 Å². The Morgan fingerprint density at radius 2 is 1.84 bits per heavy atom. The monoisotopic (exact) mass is 273 g/mol. The quantitative estimate of drug-likeness (QED) is 0.782. The van der Waals surface area contributed by atoms with Gasteiger partial charge in [0.15, 0.2) is 11.5 Å². The van der Waals surface area contributed by atoms with Gasteiger partial charge in [-0.2, -0.15) is 11.8 Å². The summed E-state index contributed by atoms with van der Waals surface area (Å²) in [6.45, 7) is 0.343. The molecule has 0 unspecified atom stereocenters. The third kappa shape index (κ3) is 3.20. The van der Waals surface area contributed by atoms with Crippen LogP contribution in [0.15, 0.2) is 42.7 Å². The molecule has 1 aromatic heterocycles. The molecule has 3 rings (SSSR count). The zero-order valence-electron chi connectivity index (χ0n) is 10.5. The standard InChI is InChI=1S/C15H15NO2S/c1-2-14-15(18-11-17-14)9-12(1)5-8-19-10-13-3-6-16-7-4-13/h1-4,6-7,9H,5,8,10-11H2. The van der Waals surface area contributed by atoms with Gasteiger partial charge < -0.3 is 9.47 Å². The maximum atomic E-state index is 5.38. The number of thioether (sulfide) groups is 1. The predicted molar refractivity (Wildman–Crippen MR) is 76.7 cm³/mol. The van der Waals surface area contributed by atoms with Crippen LogP contribution in [0.4, 0.5) is 0 Å². The molecule has 1 aromatic carbocycles. The number of hydrogen-bond donors (Lipinski definition) is 0. The lowest BCUT2D eigenvalue weighted by Gasteiger charge is -2.04. The van der Waals surface area contributed by atoms with Crippen molar-refractivity contribution >= 4 is 11.8 Å². The van der Waals surface area contributed by atoms with Crippen molar-refractivity contribution in [3.05, 3.63) is 53.9 Å². The van der Waals surface area contributed by atoms with Gasteiger partial charge in [-0.25, -0.2) is 0 Å². The van der Waals surface area contributed by atoms with Gasteiger partial charge in [-0.15, -0.1) is 0 Å². The van der Waals surface area contributed by atoms with Gasteiger partial charge in [-0.05, 0) is 47.6 Å². The number of hydrogen-bond acceptors (Lipinski definition) is 4. The second kappa shape index (κ2) is 5.97. The number of fused-ring (bicyclic) bond motifs is 1. The first-order valence-corrected chi connectivity index (χ1v) is 7.42. The molecule has 0 spiro atoms. The van der Waals surface area contributed by atoms with Crippen molar-refractivity contribution in [2.75, 3.05) is 12.5 Å². The molecule has 2 aromatic rings. The van der Waals surface area contributed by atoms with Crippen molar-refractivity contribution in [3.63, 3.8) is 0 Å². The Morgan fingerprint density at radius 3 is 2.74 bits per heavy atom. The number of aryl methyl sites for hydroxylation is 1. The Hall–Kier alpha value is -1.68. The molecule has 0 N–H and O–H groups in total. The van der Waals surface area contributed by atoms with Gasteiger partial charge in [0, 0.05) is 18.1 Å². The van der Waals surface area contributed by atoms with Crippen LogP contribution in [0.1, 0.15) is 11.1 Å². The molecule has 3 nitrogen and oxygen atoms in total. The summed E-state index contributed by atoms with van der Waals surface area (Å²) in [5.41, 5.74) is 2.62. The zero-order chi connectivity index (χ0) is 12.9. The lowest BCUT2D eigenvalue weighted by atomic mass is 10.1. The zero-order valence-corrected chi connectivity index (χ0v) is 11.4. The van der Waals surface area contributed by atoms with E-state index in [1.807, 2.05) is 30.2 Å². The van der Waals surface area contributed by atoms with Gasteiger partial charge in [0.2, 0.25) is 6.79 Å². The van der Waals surface area contributed by atoms with Crippen molar-refractivity contribution in [2.45, 2.75) is 12.2 Å². The Bertz CT molecular complexity index is 545. The summed E-state index contributed by atoms with van der Waals surface area (Å²) >= 11 is 1.93. The molecular formula is C15H15NO2S. The van der Waals surface area contributed by atoms with E-state index in [-0.39, 0.29) is 0 Å². The van der Waals surface area contributed by atoms with Gasteiger partial charge in [0.05, 0.1) is 0 Å². The van der Waals surface area contributed by atoms with Gasteiger partial charge in [-0.3, -0.25) is 4.98 Å². The van der Waals surface area contributed by atoms with E-state index in [9.17, 15) is 0 Å². The highest BCUT2D eigenvalue weighted by Gasteiger charge is 2.12. The molecule has 0 atom stereocenters. The van der Waals surface area contributed by atoms with Crippen LogP contribution in [0.3, 0.4) is 0 Å². The van der Waals surface area contributed by atoms with Crippen LogP contribution in [0.5, 0.6) is 11.5 Å². The average molecular weight is 273 g/mol. The summed E-state index contributed by atoms with van der Waals surface area (Å²) in [6.07, 6.45) is 4.73. The predicted octanol–water partition coefficient (Wildman–Crippen LogP) is 3.29. The average Bonchev–Trinajstić information content (AvgIpc) is 2.92. The molecular weight excluding hydrogens is 258 g/mol. The minimum atomic E-state index is 0.343. The van der Waals surface area contributed by atoms with Crippen LogP contribution >= 0.6 is 11.8 Å². The SMILES string of the molecule is c1cc(CSCCc2ccc3c(c2)OCO3)ccn1. The molecule has 1 aliphatic rings. The molecule has 2 heterocycles. The van der Waals surface area contributed by atoms with Crippen molar-refractivity contribution in [1.82, 2.24) is 4.98 Å². The summed E-state index contributed by atoms with van der Waals surface area (Å²) in [7, 11) is 0. The fourth-order valence-corrected chi connectivity index (χ4v) is 2.91. The van der Waals surface area contributed by atoms with E-state index in [1.54, 1.807) is 0 Å². The van der Waals surface area contributed by atoms with E-state index in [1.165, 1.54) is 11.1 Å². The van der Waals surface area contributed by atoms with E-state index in [2.05, 4.69) is 29.2 Å². The Labute approximate surface area is 117 Å². The number of rotatable bonds is 5. The molecule has 0 bridgehead atoms. The smallest absolute Gasteiger partial charge is 0.231 e. The molecule has 0 radical (unpaired) electrons. The normalized spacial score (nSPS) is 12.6. The van der Waals surface area contributed by atoms with Crippen molar-refractivity contribution in [1.29, 1.82) is 0 Å². The Balaban J connectivity index is 1.48. The molecule has 19 heavy (non-hydrogen) atoms. The van der Waals surface area contributed by atoms with Crippen LogP contribution in [0.2, 0.25) is 0 Å². The highest BCUT2D eigenvalue weighted by Crippen LogP contribution is 2.32. The summed E-state index contributed by atoms with van der Waals surface area (Å²) in [5, 5.41) is 0. The Morgan fingerprint density at radius 1 is 1.00 bits per heavy atom. The first-order valence-electron chi connectivity index (χ1n) is 6.27. The molecule has 98 valence electrons. The minimum absolute atomic E-state index is 0.343. The molecule has 0 fully saturated rings. The van der Waals surface area contributed by atoms with Gasteiger partial charge in [0.25, 0.3) is 0 Å². The van der Waals surface area contributed by atoms with Crippen molar-refractivity contribution < 1.29 is 9.47 Å². The van der Waals surface area contributed by atoms with E-state index < -0.39 is 0 Å². The van der Waals surface area contributed by atoms with E-state index in [0.717, 1.165) is 29.4 Å². The fourth-order valence-electron chi connectivity index (χ4n) is 1.96. The summed E-state index contributed by atoms with van der Waals surface area (Å²) < 4.78 is 10.7. The van der Waals surface area contributed by atoms with Gasteiger partial charge in [-0.1, -0.05) is 6.07 Å². The first kappa shape index (κ1) is 12.4. The number of ether oxygens (including phenoxy) is 2. The third-order valence-electron chi connectivity index (χ3n) is 2.99. The lowest BCUT2D eigenvalue weighted by molar-refractivity contribution is 0.174. The third-order valence-corrected chi connectivity index (χ3v) is 4.02. The van der Waals surface area contributed by atoms with E-state index in [0.29, 0.717) is 6.79 Å². The first-order chi connectivity index (χ1) is 9.42. The highest BCUT2D eigenvalue weighted by molar-refractivity contribution is 7.98. The topological polar surface area (TPSA) is 31.4 Å². The van der Waals surface area contributed by atoms with Crippen LogP contribution in [0.25, 0.3) is 0 Å². The molecule has 1 aliphatic heterocycles. The van der Waals surface area contributed by atoms with E-state index in [4.69, 9.17) is 9.47 Å². The molecule has 0 saturated carbocycles. The molecule has 0 amide bonds. The second-order valence-electron chi connectivity index (χ2n) is 4.35. The van der Waals surface area contributed by atoms with Crippen LogP contribution in [-0.4, -0.2) is 17.5 Å². The lowest BCUT2D eigenvalue weighted by Crippen LogP contribution is -1.93. The number of nitrogens with zero attached hydrogens (tertiary/aromatic N) is 1. The number of benzene rings is 1. The summed E-state index contributed by atoms with van der Waals surface area (Å²) in [6, 6.07) is 10.3. The van der Waals surface area contributed by atoms with Gasteiger partial charge in [0.1, 0.15) is 0 Å². The minimum Gasteiger partial charge on any atom is -0.454 e. The largest absolute Gasteiger partial charge is 0.454 e. The van der Waals surface area contributed by atoms with Crippen molar-refractivity contribution in [2.24, 2.45) is 0 Å². The highest BCUT2D eigenvalue weighted by atomic mass is 32.2. The van der Waals surface area contributed by atoms with Crippen LogP contribution < -0.4 is 9.47 Å². The molecule has 4 heteroatoms. The van der Waals surface area contributed by atoms with Crippen LogP contribution in [-0.2, 0) is 12.2 Å². The maximum Gasteiger partial charge on any atom is 0.231 e. The number of aromatic nitrogens is 1. The fraction of sp³-hybridized carbons (Fsp3) is 0.267. The molecule has 0 saturated heterocycles. The summed E-state index contributed by atoms with van der Waals surface area (Å²) in [4.78, 5) is 4.02. The maximum absolute atomic E-state index is 5.38. The Kier molecular flexibility index (Phi) is 3.89. The summed E-state index contributed by atoms with van der Waals surface area (Å²) in [5.74, 6) is 3.86. The van der Waals surface area contributed by atoms with Gasteiger partial charge >= 0.3 is 0 Å². The second-order valence-corrected chi connectivity index (χ2v) is 5.45. The molecule has 0 aliphatic carbocycles. The van der Waals surface area contributed by atoms with Crippen molar-refractivity contribution in [3.8, 4) is 11.5 Å².